The van der Waals surface area contributed by atoms with E-state index in [0.717, 1.165) is 22.3 Å². The fraction of sp³-hybridized carbons (Fsp3) is 0.222. The quantitative estimate of drug-likeness (QED) is 0.542. The van der Waals surface area contributed by atoms with Crippen LogP contribution in [-0.4, -0.2) is 20.2 Å². The van der Waals surface area contributed by atoms with Crippen molar-refractivity contribution in [2.24, 2.45) is 0 Å². The maximum atomic E-state index is 10.2. The van der Waals surface area contributed by atoms with Crippen molar-refractivity contribution in [2.45, 2.75) is 25.4 Å². The first kappa shape index (κ1) is 18.4. The number of hydrogen-bond donors (Lipinski definition) is 2. The highest BCUT2D eigenvalue weighted by Gasteiger charge is 2.13. The van der Waals surface area contributed by atoms with E-state index in [2.05, 4.69) is 23.1 Å². The lowest BCUT2D eigenvalue weighted by molar-refractivity contribution is 0.462. The summed E-state index contributed by atoms with van der Waals surface area (Å²) in [7, 11) is 3.21. The molecule has 0 radical (unpaired) electrons. The smallest absolute Gasteiger partial charge is 0.141 e. The lowest BCUT2D eigenvalue weighted by atomic mass is 10.1. The molecule has 0 unspecified atom stereocenters. The van der Waals surface area contributed by atoms with Crippen molar-refractivity contribution in [3.63, 3.8) is 0 Å². The molecule has 2 heterocycles. The van der Waals surface area contributed by atoms with Gasteiger partial charge in [-0.3, -0.25) is 9.97 Å². The Morgan fingerprint density at radius 3 is 1.58 bits per heavy atom. The van der Waals surface area contributed by atoms with Crippen molar-refractivity contribution >= 4 is 33.7 Å². The van der Waals surface area contributed by atoms with Gasteiger partial charge in [-0.25, -0.2) is 0 Å². The number of nitrogens with zero attached hydrogens (tertiary/aromatic N) is 2. The van der Waals surface area contributed by atoms with E-state index in [1.807, 2.05) is 0 Å². The van der Waals surface area contributed by atoms with E-state index in [1.54, 1.807) is 60.0 Å². The Bertz CT molecular complexity index is 711. The van der Waals surface area contributed by atoms with Gasteiger partial charge in [-0.15, -0.1) is 0 Å². The third kappa shape index (κ3) is 3.94. The zero-order valence-corrected chi connectivity index (χ0v) is 15.4. The molecule has 0 atom stereocenters. The average molecular weight is 361 g/mol. The molecule has 0 aromatic carbocycles. The van der Waals surface area contributed by atoms with Crippen molar-refractivity contribution in [2.75, 3.05) is 0 Å². The fourth-order valence-electron chi connectivity index (χ4n) is 2.18. The van der Waals surface area contributed by atoms with Crippen LogP contribution in [0.1, 0.15) is 33.6 Å². The van der Waals surface area contributed by atoms with Crippen LogP contribution in [0.5, 0.6) is 11.5 Å². The van der Waals surface area contributed by atoms with Gasteiger partial charge in [0.1, 0.15) is 11.5 Å². The number of hydrogen-bond acceptors (Lipinski definition) is 6. The Labute approximate surface area is 150 Å². The van der Waals surface area contributed by atoms with Crippen LogP contribution in [0, 0.1) is 13.8 Å². The van der Waals surface area contributed by atoms with Crippen LogP contribution >= 0.6 is 21.6 Å². The molecular weight excluding hydrogens is 340 g/mol. The van der Waals surface area contributed by atoms with Gasteiger partial charge in [0, 0.05) is 35.0 Å². The highest BCUT2D eigenvalue weighted by Crippen LogP contribution is 2.37. The highest BCUT2D eigenvalue weighted by atomic mass is 33.1. The van der Waals surface area contributed by atoms with Gasteiger partial charge < -0.3 is 10.2 Å². The van der Waals surface area contributed by atoms with E-state index in [4.69, 9.17) is 0 Å². The van der Waals surface area contributed by atoms with Crippen LogP contribution < -0.4 is 0 Å². The van der Waals surface area contributed by atoms with Gasteiger partial charge in [0.25, 0.3) is 0 Å². The number of aryl methyl sites for hydroxylation is 2. The fourth-order valence-corrected chi connectivity index (χ4v) is 4.39. The van der Waals surface area contributed by atoms with Crippen LogP contribution in [0.25, 0.3) is 12.2 Å². The molecule has 6 heteroatoms. The van der Waals surface area contributed by atoms with Crippen molar-refractivity contribution in [1.82, 2.24) is 9.97 Å². The number of aromatic nitrogens is 2. The molecule has 0 aliphatic carbocycles. The van der Waals surface area contributed by atoms with Gasteiger partial charge in [0.2, 0.25) is 0 Å². The van der Waals surface area contributed by atoms with E-state index < -0.39 is 0 Å². The van der Waals surface area contributed by atoms with Crippen LogP contribution in [0.15, 0.2) is 25.6 Å². The van der Waals surface area contributed by atoms with Crippen molar-refractivity contribution in [3.8, 4) is 11.5 Å². The lowest BCUT2D eigenvalue weighted by Crippen LogP contribution is -1.94. The molecule has 4 nitrogen and oxygen atoms in total. The van der Waals surface area contributed by atoms with Gasteiger partial charge in [-0.1, -0.05) is 46.9 Å². The summed E-state index contributed by atoms with van der Waals surface area (Å²) in [6.07, 6.45) is 6.83. The van der Waals surface area contributed by atoms with Crippen LogP contribution in [-0.2, 0) is 11.5 Å². The molecule has 0 bridgehead atoms. The second-order valence-electron chi connectivity index (χ2n) is 5.18. The predicted molar refractivity (Wildman–Crippen MR) is 104 cm³/mol. The molecule has 0 saturated heterocycles. The minimum Gasteiger partial charge on any atom is -0.506 e. The molecule has 24 heavy (non-hydrogen) atoms. The first-order chi connectivity index (χ1) is 11.5. The van der Waals surface area contributed by atoms with E-state index in [1.165, 1.54) is 0 Å². The molecule has 2 aromatic heterocycles. The zero-order valence-electron chi connectivity index (χ0n) is 13.7. The minimum atomic E-state index is 0.217. The van der Waals surface area contributed by atoms with E-state index in [0.29, 0.717) is 22.9 Å². The van der Waals surface area contributed by atoms with E-state index in [9.17, 15) is 10.2 Å². The number of aromatic hydroxyl groups is 2. The summed E-state index contributed by atoms with van der Waals surface area (Å²) >= 11 is 0. The second-order valence-corrected chi connectivity index (χ2v) is 7.65. The molecule has 0 aliphatic rings. The summed E-state index contributed by atoms with van der Waals surface area (Å²) in [5.41, 5.74) is 4.54. The summed E-state index contributed by atoms with van der Waals surface area (Å²) < 4.78 is 0. The van der Waals surface area contributed by atoms with E-state index >= 15 is 0 Å². The van der Waals surface area contributed by atoms with Gasteiger partial charge in [0.05, 0.1) is 11.4 Å². The Morgan fingerprint density at radius 1 is 0.875 bits per heavy atom. The monoisotopic (exact) mass is 360 g/mol. The maximum absolute atomic E-state index is 10.2. The molecule has 0 aliphatic heterocycles. The first-order valence-corrected chi connectivity index (χ1v) is 9.82. The standard InChI is InChI=1S/C18H20N2O2S2/c1-5-13-7-19-11(3)17(21)15(13)9-23-24-10-16-14(6-2)8-20-12(4)18(16)22/h5-8,21-22H,1-2,9-10H2,3-4H3. The Hall–Kier alpha value is -1.92. The van der Waals surface area contributed by atoms with Crippen LogP contribution in [0.2, 0.25) is 0 Å². The maximum Gasteiger partial charge on any atom is 0.141 e. The molecule has 0 spiro atoms. The lowest BCUT2D eigenvalue weighted by Gasteiger charge is -2.11. The normalized spacial score (nSPS) is 10.6. The van der Waals surface area contributed by atoms with Crippen molar-refractivity contribution in [1.29, 1.82) is 0 Å². The second kappa shape index (κ2) is 8.26. The summed E-state index contributed by atoms with van der Waals surface area (Å²) in [6.45, 7) is 11.1. The largest absolute Gasteiger partial charge is 0.506 e. The van der Waals surface area contributed by atoms with Gasteiger partial charge in [-0.2, -0.15) is 0 Å². The molecule has 0 saturated carbocycles. The van der Waals surface area contributed by atoms with Gasteiger partial charge >= 0.3 is 0 Å². The Morgan fingerprint density at radius 2 is 1.25 bits per heavy atom. The molecule has 0 fully saturated rings. The first-order valence-electron chi connectivity index (χ1n) is 7.33. The summed E-state index contributed by atoms with van der Waals surface area (Å²) in [5.74, 6) is 1.68. The topological polar surface area (TPSA) is 66.2 Å². The Balaban J connectivity index is 2.07. The number of rotatable bonds is 7. The minimum absolute atomic E-state index is 0.217. The highest BCUT2D eigenvalue weighted by molar-refractivity contribution is 8.76. The molecular formula is C18H20N2O2S2. The van der Waals surface area contributed by atoms with Crippen LogP contribution in [0.3, 0.4) is 0 Å². The third-order valence-corrected chi connectivity index (χ3v) is 5.87. The van der Waals surface area contributed by atoms with E-state index in [-0.39, 0.29) is 11.5 Å². The predicted octanol–water partition coefficient (Wildman–Crippen LogP) is 4.87. The summed E-state index contributed by atoms with van der Waals surface area (Å²) in [5, 5.41) is 20.4. The molecule has 126 valence electrons. The van der Waals surface area contributed by atoms with Gasteiger partial charge in [-0.05, 0) is 25.0 Å². The summed E-state index contributed by atoms with van der Waals surface area (Å²) in [6, 6.07) is 0. The van der Waals surface area contributed by atoms with Crippen molar-refractivity contribution in [3.05, 3.63) is 59.2 Å². The SMILES string of the molecule is C=Cc1cnc(C)c(O)c1CSSCc1c(C=C)cnc(C)c1O. The average Bonchev–Trinajstić information content (AvgIpc) is 2.58. The number of pyridine rings is 2. The molecule has 2 rings (SSSR count). The molecule has 0 amide bonds. The summed E-state index contributed by atoms with van der Waals surface area (Å²) in [4.78, 5) is 8.28. The van der Waals surface area contributed by atoms with Crippen molar-refractivity contribution < 1.29 is 10.2 Å². The van der Waals surface area contributed by atoms with Gasteiger partial charge in [0.15, 0.2) is 0 Å². The van der Waals surface area contributed by atoms with Crippen LogP contribution in [0.4, 0.5) is 0 Å². The Kier molecular flexibility index (Phi) is 6.34. The zero-order chi connectivity index (χ0) is 17.7. The molecule has 2 aromatic rings. The molecule has 2 N–H and O–H groups in total. The third-order valence-electron chi connectivity index (χ3n) is 3.68.